The van der Waals surface area contributed by atoms with Gasteiger partial charge in [0, 0.05) is 0 Å². The molecule has 4 heteroatoms. The minimum atomic E-state index is -1.35. The average Bonchev–Trinajstić information content (AvgIpc) is 1.96. The second-order valence-electron chi connectivity index (χ2n) is 4.24. The lowest BCUT2D eigenvalue weighted by Crippen LogP contribution is -2.52. The fraction of sp³-hybridized carbons (Fsp3) is 0.667. The van der Waals surface area contributed by atoms with E-state index in [2.05, 4.69) is 31.1 Å². The average molecular weight is 197 g/mol. The van der Waals surface area contributed by atoms with Gasteiger partial charge in [0.05, 0.1) is 6.42 Å². The molecule has 1 rings (SSSR count). The number of carbonyl (C=O) groups excluding carboxylic acids is 1. The quantitative estimate of drug-likeness (QED) is 0.376. The van der Waals surface area contributed by atoms with Crippen LogP contribution in [0.5, 0.6) is 0 Å². The van der Waals surface area contributed by atoms with Gasteiger partial charge in [-0.1, -0.05) is 25.6 Å². The smallest absolute Gasteiger partial charge is 0.228 e. The number of aliphatic hydroxyl groups is 1. The molecule has 0 unspecified atom stereocenters. The largest absolute Gasteiger partial charge is 0.376 e. The van der Waals surface area contributed by atoms with Crippen LogP contribution in [0, 0.1) is 11.5 Å². The number of amides is 1. The highest BCUT2D eigenvalue weighted by molar-refractivity contribution is 6.83. The molecule has 1 aliphatic heterocycles. The van der Waals surface area contributed by atoms with Crippen LogP contribution in [0.25, 0.3) is 0 Å². The maximum absolute atomic E-state index is 10.9. The van der Waals surface area contributed by atoms with Crippen molar-refractivity contribution in [3.8, 4) is 11.5 Å². The lowest BCUT2D eigenvalue weighted by atomic mass is 10.0. The van der Waals surface area contributed by atoms with Crippen LogP contribution in [0.15, 0.2) is 0 Å². The summed E-state index contributed by atoms with van der Waals surface area (Å²) in [4.78, 5) is 12.3. The Kier molecular flexibility index (Phi) is 2.79. The summed E-state index contributed by atoms with van der Waals surface area (Å²) in [6.07, 6.45) is 0.470. The van der Waals surface area contributed by atoms with E-state index in [0.29, 0.717) is 6.42 Å². The molecule has 1 heterocycles. The van der Waals surface area contributed by atoms with Gasteiger partial charge < -0.3 is 10.0 Å². The number of β-lactam (4-membered cyclic amide) rings is 1. The van der Waals surface area contributed by atoms with Crippen molar-refractivity contribution in [1.29, 1.82) is 0 Å². The van der Waals surface area contributed by atoms with Gasteiger partial charge >= 0.3 is 0 Å². The normalized spacial score (nSPS) is 22.0. The Morgan fingerprint density at radius 3 is 2.62 bits per heavy atom. The van der Waals surface area contributed by atoms with Crippen LogP contribution in [0.3, 0.4) is 0 Å². The molecule has 72 valence electrons. The van der Waals surface area contributed by atoms with Crippen LogP contribution >= 0.6 is 0 Å². The first kappa shape index (κ1) is 10.3. The van der Waals surface area contributed by atoms with E-state index in [1.165, 1.54) is 4.90 Å². The van der Waals surface area contributed by atoms with Gasteiger partial charge in [0.1, 0.15) is 20.8 Å². The Morgan fingerprint density at radius 2 is 2.23 bits per heavy atom. The summed E-state index contributed by atoms with van der Waals surface area (Å²) >= 11 is 0. The molecule has 0 aromatic carbocycles. The molecule has 0 aromatic rings. The Labute approximate surface area is 79.7 Å². The Bertz CT molecular complexity index is 272. The number of aliphatic hydroxyl groups excluding tert-OH is 1. The van der Waals surface area contributed by atoms with Crippen molar-refractivity contribution in [3.05, 3.63) is 0 Å². The molecule has 1 N–H and O–H groups in total. The molecular formula is C9H15NO2Si. The lowest BCUT2D eigenvalue weighted by molar-refractivity contribution is -0.148. The van der Waals surface area contributed by atoms with E-state index in [-0.39, 0.29) is 18.7 Å². The molecule has 13 heavy (non-hydrogen) atoms. The molecule has 1 saturated heterocycles. The number of carbonyl (C=O) groups is 1. The molecule has 0 radical (unpaired) electrons. The van der Waals surface area contributed by atoms with Crippen LogP contribution in [0.4, 0.5) is 0 Å². The van der Waals surface area contributed by atoms with Gasteiger partial charge in [-0.05, 0) is 0 Å². The van der Waals surface area contributed by atoms with E-state index in [4.69, 9.17) is 5.11 Å². The predicted octanol–water partition coefficient (Wildman–Crippen LogP) is 0.418. The molecule has 0 aliphatic carbocycles. The topological polar surface area (TPSA) is 40.5 Å². The number of hydrogen-bond acceptors (Lipinski definition) is 2. The van der Waals surface area contributed by atoms with Crippen LogP contribution in [-0.2, 0) is 4.79 Å². The van der Waals surface area contributed by atoms with Gasteiger partial charge in [0.15, 0.2) is 0 Å². The summed E-state index contributed by atoms with van der Waals surface area (Å²) in [6, 6.07) is -0.0378. The van der Waals surface area contributed by atoms with Gasteiger partial charge in [-0.25, -0.2) is 0 Å². The van der Waals surface area contributed by atoms with Gasteiger partial charge in [0.25, 0.3) is 0 Å². The van der Waals surface area contributed by atoms with Crippen LogP contribution in [-0.4, -0.2) is 36.8 Å². The van der Waals surface area contributed by atoms with Gasteiger partial charge in [-0.3, -0.25) is 4.79 Å². The zero-order chi connectivity index (χ0) is 10.1. The second kappa shape index (κ2) is 3.52. The highest BCUT2D eigenvalue weighted by Gasteiger charge is 2.34. The van der Waals surface area contributed by atoms with Crippen molar-refractivity contribution in [2.75, 3.05) is 6.73 Å². The second-order valence-corrected chi connectivity index (χ2v) is 8.99. The van der Waals surface area contributed by atoms with Crippen molar-refractivity contribution in [2.45, 2.75) is 32.1 Å². The van der Waals surface area contributed by atoms with Crippen molar-refractivity contribution in [3.63, 3.8) is 0 Å². The molecule has 1 amide bonds. The van der Waals surface area contributed by atoms with Gasteiger partial charge in [0.2, 0.25) is 5.91 Å². The first-order valence-corrected chi connectivity index (χ1v) is 7.87. The Balaban J connectivity index is 2.56. The van der Waals surface area contributed by atoms with E-state index in [0.717, 1.165) is 0 Å². The standard InChI is InChI=1S/C9H15NO2Si/c1-13(2,3)5-4-8-6-9(12)10(8)7-11/h8,11H,6-7H2,1-3H3/t8-/m1/s1. The Morgan fingerprint density at radius 1 is 1.62 bits per heavy atom. The van der Waals surface area contributed by atoms with E-state index in [1.807, 2.05) is 0 Å². The van der Waals surface area contributed by atoms with Crippen LogP contribution < -0.4 is 0 Å². The molecular weight excluding hydrogens is 182 g/mol. The number of likely N-dealkylation sites (tertiary alicyclic amines) is 1. The van der Waals surface area contributed by atoms with Crippen molar-refractivity contribution in [1.82, 2.24) is 4.90 Å². The highest BCUT2D eigenvalue weighted by atomic mass is 28.3. The molecule has 1 atom stereocenters. The van der Waals surface area contributed by atoms with Crippen molar-refractivity contribution in [2.24, 2.45) is 0 Å². The SMILES string of the molecule is C[Si](C)(C)C#C[C@@H]1CC(=O)N1CO. The minimum Gasteiger partial charge on any atom is -0.376 e. The fourth-order valence-electron chi connectivity index (χ4n) is 1.06. The molecule has 0 saturated carbocycles. The summed E-state index contributed by atoms with van der Waals surface area (Å²) < 4.78 is 0. The fourth-order valence-corrected chi connectivity index (χ4v) is 1.66. The van der Waals surface area contributed by atoms with Gasteiger partial charge in [-0.15, -0.1) is 5.54 Å². The minimum absolute atomic E-state index is 0.00243. The monoisotopic (exact) mass is 197 g/mol. The third kappa shape index (κ3) is 2.58. The molecule has 0 bridgehead atoms. The number of nitrogens with zero attached hydrogens (tertiary/aromatic N) is 1. The first-order valence-electron chi connectivity index (χ1n) is 4.37. The predicted molar refractivity (Wildman–Crippen MR) is 53.5 cm³/mol. The molecule has 3 nitrogen and oxygen atoms in total. The summed E-state index contributed by atoms with van der Waals surface area (Å²) in [7, 11) is -1.35. The molecule has 0 aromatic heterocycles. The maximum atomic E-state index is 10.9. The lowest BCUT2D eigenvalue weighted by Gasteiger charge is -2.35. The van der Waals surface area contributed by atoms with E-state index in [1.54, 1.807) is 0 Å². The maximum Gasteiger partial charge on any atom is 0.228 e. The van der Waals surface area contributed by atoms with E-state index < -0.39 is 8.07 Å². The summed E-state index contributed by atoms with van der Waals surface area (Å²) in [5.41, 5.74) is 3.19. The third-order valence-electron chi connectivity index (χ3n) is 1.83. The Hall–Kier alpha value is -0.793. The summed E-state index contributed by atoms with van der Waals surface area (Å²) in [5.74, 6) is 3.04. The molecule has 1 fully saturated rings. The first-order chi connectivity index (χ1) is 5.94. The molecule has 1 aliphatic rings. The van der Waals surface area contributed by atoms with Gasteiger partial charge in [-0.2, -0.15) is 0 Å². The third-order valence-corrected chi connectivity index (χ3v) is 2.73. The molecule has 0 spiro atoms. The number of rotatable bonds is 1. The zero-order valence-corrected chi connectivity index (χ0v) is 9.29. The summed E-state index contributed by atoms with van der Waals surface area (Å²) in [6.45, 7) is 6.27. The van der Waals surface area contributed by atoms with Crippen molar-refractivity contribution >= 4 is 14.0 Å². The van der Waals surface area contributed by atoms with Crippen LogP contribution in [0.2, 0.25) is 19.6 Å². The van der Waals surface area contributed by atoms with E-state index >= 15 is 0 Å². The highest BCUT2D eigenvalue weighted by Crippen LogP contribution is 2.17. The number of hydrogen-bond donors (Lipinski definition) is 1. The zero-order valence-electron chi connectivity index (χ0n) is 8.29. The summed E-state index contributed by atoms with van der Waals surface area (Å²) in [5, 5.41) is 8.80. The van der Waals surface area contributed by atoms with E-state index in [9.17, 15) is 4.79 Å². The van der Waals surface area contributed by atoms with Crippen LogP contribution in [0.1, 0.15) is 6.42 Å². The van der Waals surface area contributed by atoms with Crippen molar-refractivity contribution < 1.29 is 9.90 Å².